The Morgan fingerprint density at radius 3 is 2.62 bits per heavy atom. The molecular weight excluding hydrogens is 282 g/mol. The fourth-order valence-corrected chi connectivity index (χ4v) is 1.83. The predicted octanol–water partition coefficient (Wildman–Crippen LogP) is 3.38. The maximum atomic E-state index is 13.5. The molecule has 2 rings (SSSR count). The lowest BCUT2D eigenvalue weighted by Crippen LogP contribution is -2.05. The Balaban J connectivity index is 2.36. The highest BCUT2D eigenvalue weighted by molar-refractivity contribution is 5.48. The highest BCUT2D eigenvalue weighted by atomic mass is 19.1. The minimum Gasteiger partial charge on any atom is -0.450 e. The quantitative estimate of drug-likeness (QED) is 0.678. The highest BCUT2D eigenvalue weighted by Gasteiger charge is 2.17. The Bertz CT molecular complexity index is 677. The Morgan fingerprint density at radius 1 is 1.19 bits per heavy atom. The van der Waals surface area contributed by atoms with E-state index < -0.39 is 22.2 Å². The zero-order valence-electron chi connectivity index (χ0n) is 11.1. The summed E-state index contributed by atoms with van der Waals surface area (Å²) in [5, 5.41) is 13.7. The summed E-state index contributed by atoms with van der Waals surface area (Å²) in [4.78, 5) is 10.1. The van der Waals surface area contributed by atoms with Crippen molar-refractivity contribution in [2.24, 2.45) is 0 Å². The van der Waals surface area contributed by atoms with Gasteiger partial charge in [0.05, 0.1) is 11.0 Å². The van der Waals surface area contributed by atoms with Crippen LogP contribution in [0.15, 0.2) is 36.4 Å². The van der Waals surface area contributed by atoms with Crippen LogP contribution in [0.4, 0.5) is 14.5 Å². The Morgan fingerprint density at radius 2 is 1.95 bits per heavy atom. The minimum atomic E-state index is -0.758. The van der Waals surface area contributed by atoms with Crippen LogP contribution < -0.4 is 10.1 Å². The Kier molecular flexibility index (Phi) is 4.44. The molecule has 1 N–H and O–H groups in total. The van der Waals surface area contributed by atoms with Crippen LogP contribution in [0.2, 0.25) is 0 Å². The number of nitrogens with zero attached hydrogens (tertiary/aromatic N) is 1. The molecule has 0 saturated carbocycles. The second kappa shape index (κ2) is 6.27. The molecule has 0 bridgehead atoms. The predicted molar refractivity (Wildman–Crippen MR) is 72.3 cm³/mol. The van der Waals surface area contributed by atoms with Crippen molar-refractivity contribution in [3.63, 3.8) is 0 Å². The van der Waals surface area contributed by atoms with Gasteiger partial charge in [-0.1, -0.05) is 0 Å². The van der Waals surface area contributed by atoms with Gasteiger partial charge in [0.1, 0.15) is 17.4 Å². The molecule has 0 aromatic heterocycles. The first-order valence-electron chi connectivity index (χ1n) is 6.05. The molecule has 0 atom stereocenters. The van der Waals surface area contributed by atoms with Gasteiger partial charge in [-0.15, -0.1) is 0 Å². The smallest absolute Gasteiger partial charge is 0.314 e. The van der Waals surface area contributed by atoms with E-state index in [0.29, 0.717) is 12.1 Å². The van der Waals surface area contributed by atoms with Crippen LogP contribution in [-0.2, 0) is 6.54 Å². The van der Waals surface area contributed by atoms with Crippen molar-refractivity contribution in [2.45, 2.75) is 6.54 Å². The first kappa shape index (κ1) is 14.9. The topological polar surface area (TPSA) is 64.4 Å². The number of benzene rings is 2. The van der Waals surface area contributed by atoms with Crippen molar-refractivity contribution >= 4 is 5.69 Å². The van der Waals surface area contributed by atoms with Gasteiger partial charge < -0.3 is 10.1 Å². The second-order valence-corrected chi connectivity index (χ2v) is 4.30. The van der Waals surface area contributed by atoms with Crippen molar-refractivity contribution < 1.29 is 18.4 Å². The first-order valence-corrected chi connectivity index (χ1v) is 6.05. The summed E-state index contributed by atoms with van der Waals surface area (Å²) >= 11 is 0. The largest absolute Gasteiger partial charge is 0.450 e. The fourth-order valence-electron chi connectivity index (χ4n) is 1.83. The molecule has 7 heteroatoms. The average molecular weight is 294 g/mol. The third kappa shape index (κ3) is 3.73. The summed E-state index contributed by atoms with van der Waals surface area (Å²) in [5.41, 5.74) is 0.103. The molecule has 0 amide bonds. The van der Waals surface area contributed by atoms with Crippen LogP contribution in [-0.4, -0.2) is 12.0 Å². The standard InChI is InChI=1S/C14H12F2N2O3/c1-17-8-9-4-11(16)6-12(5-9)21-14-3-2-10(15)7-13(14)18(19)20/h2-7,17H,8H2,1H3. The monoisotopic (exact) mass is 294 g/mol. The number of nitro groups is 1. The molecule has 21 heavy (non-hydrogen) atoms. The molecule has 0 heterocycles. The van der Waals surface area contributed by atoms with Crippen molar-refractivity contribution in [1.82, 2.24) is 5.32 Å². The molecule has 0 aliphatic heterocycles. The molecule has 0 aliphatic rings. The van der Waals surface area contributed by atoms with Crippen molar-refractivity contribution in [2.75, 3.05) is 7.05 Å². The van der Waals surface area contributed by atoms with E-state index in [2.05, 4.69) is 5.32 Å². The van der Waals surface area contributed by atoms with Crippen molar-refractivity contribution in [3.8, 4) is 11.5 Å². The molecule has 2 aromatic carbocycles. The Labute approximate surface area is 119 Å². The third-order valence-corrected chi connectivity index (χ3v) is 2.66. The molecular formula is C14H12F2N2O3. The summed E-state index contributed by atoms with van der Waals surface area (Å²) in [5.74, 6) is -1.32. The lowest BCUT2D eigenvalue weighted by Gasteiger charge is -2.08. The van der Waals surface area contributed by atoms with Crippen LogP contribution in [0.1, 0.15) is 5.56 Å². The van der Waals surface area contributed by atoms with E-state index in [1.54, 1.807) is 13.1 Å². The summed E-state index contributed by atoms with van der Waals surface area (Å²) in [6.45, 7) is 0.416. The van der Waals surface area contributed by atoms with Gasteiger partial charge in [-0.3, -0.25) is 10.1 Å². The molecule has 5 nitrogen and oxygen atoms in total. The zero-order valence-corrected chi connectivity index (χ0v) is 11.1. The van der Waals surface area contributed by atoms with E-state index in [0.717, 1.165) is 24.3 Å². The maximum Gasteiger partial charge on any atom is 0.314 e. The van der Waals surface area contributed by atoms with Crippen LogP contribution in [0, 0.1) is 21.7 Å². The molecule has 0 unspecified atom stereocenters. The highest BCUT2D eigenvalue weighted by Crippen LogP contribution is 2.32. The maximum absolute atomic E-state index is 13.5. The number of nitro benzene ring substituents is 1. The van der Waals surface area contributed by atoms with Crippen LogP contribution in [0.5, 0.6) is 11.5 Å². The molecule has 2 aromatic rings. The summed E-state index contributed by atoms with van der Waals surface area (Å²) in [6.07, 6.45) is 0. The fraction of sp³-hybridized carbons (Fsp3) is 0.143. The van der Waals surface area contributed by atoms with E-state index in [1.807, 2.05) is 0 Å². The van der Waals surface area contributed by atoms with Gasteiger partial charge in [-0.05, 0) is 36.9 Å². The normalized spacial score (nSPS) is 10.4. The van der Waals surface area contributed by atoms with E-state index in [1.165, 1.54) is 6.07 Å². The van der Waals surface area contributed by atoms with Crippen LogP contribution in [0.3, 0.4) is 0 Å². The number of ether oxygens (including phenoxy) is 1. The van der Waals surface area contributed by atoms with Gasteiger partial charge in [0.2, 0.25) is 5.75 Å². The third-order valence-electron chi connectivity index (χ3n) is 2.66. The summed E-state index contributed by atoms with van der Waals surface area (Å²) in [7, 11) is 1.70. The average Bonchev–Trinajstić information content (AvgIpc) is 2.40. The zero-order chi connectivity index (χ0) is 15.4. The minimum absolute atomic E-state index is 0.106. The van der Waals surface area contributed by atoms with Gasteiger partial charge in [-0.25, -0.2) is 8.78 Å². The number of rotatable bonds is 5. The Hall–Kier alpha value is -2.54. The lowest BCUT2D eigenvalue weighted by atomic mass is 10.2. The molecule has 0 fully saturated rings. The van der Waals surface area contributed by atoms with Gasteiger partial charge in [0.25, 0.3) is 0 Å². The molecule has 0 saturated heterocycles. The van der Waals surface area contributed by atoms with Crippen molar-refractivity contribution in [1.29, 1.82) is 0 Å². The number of hydrogen-bond acceptors (Lipinski definition) is 4. The van der Waals surface area contributed by atoms with E-state index in [4.69, 9.17) is 4.74 Å². The summed E-state index contributed by atoms with van der Waals surface area (Å²) in [6, 6.07) is 6.90. The van der Waals surface area contributed by atoms with E-state index in [9.17, 15) is 18.9 Å². The number of hydrogen-bond donors (Lipinski definition) is 1. The van der Waals surface area contributed by atoms with Gasteiger partial charge in [0.15, 0.2) is 0 Å². The summed E-state index contributed by atoms with van der Waals surface area (Å²) < 4.78 is 31.8. The lowest BCUT2D eigenvalue weighted by molar-refractivity contribution is -0.385. The van der Waals surface area contributed by atoms with Gasteiger partial charge in [0, 0.05) is 12.6 Å². The molecule has 0 aliphatic carbocycles. The molecule has 0 radical (unpaired) electrons. The van der Waals surface area contributed by atoms with E-state index >= 15 is 0 Å². The van der Waals surface area contributed by atoms with Crippen LogP contribution in [0.25, 0.3) is 0 Å². The van der Waals surface area contributed by atoms with E-state index in [-0.39, 0.29) is 11.5 Å². The van der Waals surface area contributed by atoms with Gasteiger partial charge >= 0.3 is 5.69 Å². The second-order valence-electron chi connectivity index (χ2n) is 4.30. The molecule has 110 valence electrons. The van der Waals surface area contributed by atoms with Crippen LogP contribution >= 0.6 is 0 Å². The first-order chi connectivity index (χ1) is 9.99. The van der Waals surface area contributed by atoms with Gasteiger partial charge in [-0.2, -0.15) is 0 Å². The van der Waals surface area contributed by atoms with Crippen molar-refractivity contribution in [3.05, 3.63) is 63.7 Å². The number of halogens is 2. The molecule has 0 spiro atoms. The SMILES string of the molecule is CNCc1cc(F)cc(Oc2ccc(F)cc2[N+](=O)[O-])c1. The number of nitrogens with one attached hydrogen (secondary N) is 1.